The fourth-order valence-corrected chi connectivity index (χ4v) is 3.67. The zero-order valence-corrected chi connectivity index (χ0v) is 15.6. The van der Waals surface area contributed by atoms with Crippen LogP contribution in [0, 0.1) is 6.92 Å². The Labute approximate surface area is 150 Å². The van der Waals surface area contributed by atoms with E-state index < -0.39 is 15.6 Å². The molecule has 1 aromatic carbocycles. The highest BCUT2D eigenvalue weighted by molar-refractivity contribution is 7.90. The lowest BCUT2D eigenvalue weighted by molar-refractivity contribution is 0.103. The first-order valence-corrected chi connectivity index (χ1v) is 9.64. The third kappa shape index (κ3) is 3.55. The summed E-state index contributed by atoms with van der Waals surface area (Å²) in [6, 6.07) is 4.24. The first kappa shape index (κ1) is 18.7. The van der Waals surface area contributed by atoms with Crippen molar-refractivity contribution in [2.75, 3.05) is 12.9 Å². The van der Waals surface area contributed by atoms with Gasteiger partial charge in [0.05, 0.1) is 17.2 Å². The van der Waals surface area contributed by atoms with E-state index in [1.54, 1.807) is 13.8 Å². The van der Waals surface area contributed by atoms with Crippen LogP contribution in [0.4, 0.5) is 0 Å². The van der Waals surface area contributed by atoms with Crippen LogP contribution in [0.1, 0.15) is 28.4 Å². The lowest BCUT2D eigenvalue weighted by atomic mass is 9.99. The Hall–Kier alpha value is -1.63. The zero-order chi connectivity index (χ0) is 18.1. The molecule has 24 heavy (non-hydrogen) atoms. The molecule has 0 aliphatic carbocycles. The van der Waals surface area contributed by atoms with Gasteiger partial charge in [0.2, 0.25) is 0 Å². The molecule has 0 unspecified atom stereocenters. The third-order valence-electron chi connectivity index (χ3n) is 3.38. The quantitative estimate of drug-likeness (QED) is 0.577. The molecular weight excluding hydrogens is 373 g/mol. The zero-order valence-electron chi connectivity index (χ0n) is 13.3. The third-order valence-corrected chi connectivity index (χ3v) is 5.11. The number of aromatic nitrogens is 1. The summed E-state index contributed by atoms with van der Waals surface area (Å²) in [7, 11) is -3.50. The van der Waals surface area contributed by atoms with Crippen molar-refractivity contribution in [3.05, 3.63) is 51.3 Å². The number of carbonyl (C=O) groups excluding carboxylic acids is 1. The van der Waals surface area contributed by atoms with E-state index >= 15 is 0 Å². The molecule has 0 spiro atoms. The largest absolute Gasteiger partial charge is 0.492 e. The van der Waals surface area contributed by atoms with E-state index in [4.69, 9.17) is 27.9 Å². The maximum absolute atomic E-state index is 12.8. The fraction of sp³-hybridized carbons (Fsp3) is 0.250. The summed E-state index contributed by atoms with van der Waals surface area (Å²) in [5.41, 5.74) is 0.724. The molecule has 1 heterocycles. The second-order valence-corrected chi connectivity index (χ2v) is 7.81. The Morgan fingerprint density at radius 3 is 2.46 bits per heavy atom. The number of hydrogen-bond donors (Lipinski definition) is 0. The number of halogens is 2. The van der Waals surface area contributed by atoms with Crippen LogP contribution in [0.2, 0.25) is 10.2 Å². The lowest BCUT2D eigenvalue weighted by Gasteiger charge is -2.15. The van der Waals surface area contributed by atoms with Crippen molar-refractivity contribution >= 4 is 38.8 Å². The molecular formula is C16H15Cl2NO4S. The van der Waals surface area contributed by atoms with Gasteiger partial charge in [-0.2, -0.15) is 0 Å². The molecule has 1 aromatic heterocycles. The molecule has 0 fully saturated rings. The van der Waals surface area contributed by atoms with Crippen molar-refractivity contribution in [3.63, 3.8) is 0 Å². The monoisotopic (exact) mass is 387 g/mol. The predicted octanol–water partition coefficient (Wildman–Crippen LogP) is 3.73. The second-order valence-electron chi connectivity index (χ2n) is 5.06. The molecule has 2 aromatic rings. The molecule has 0 saturated heterocycles. The highest BCUT2D eigenvalue weighted by Crippen LogP contribution is 2.33. The molecule has 0 atom stereocenters. The number of ether oxygens (including phenoxy) is 1. The van der Waals surface area contributed by atoms with Crippen LogP contribution in [0.15, 0.2) is 29.3 Å². The summed E-state index contributed by atoms with van der Waals surface area (Å²) < 4.78 is 29.3. The minimum atomic E-state index is -3.50. The summed E-state index contributed by atoms with van der Waals surface area (Å²) in [6.45, 7) is 3.61. The maximum Gasteiger partial charge on any atom is 0.198 e. The molecule has 128 valence electrons. The van der Waals surface area contributed by atoms with E-state index in [-0.39, 0.29) is 38.6 Å². The summed E-state index contributed by atoms with van der Waals surface area (Å²) in [6.07, 6.45) is 2.48. The number of carbonyl (C=O) groups is 1. The van der Waals surface area contributed by atoms with Crippen molar-refractivity contribution in [2.24, 2.45) is 0 Å². The Kier molecular flexibility index (Phi) is 5.52. The van der Waals surface area contributed by atoms with Crippen LogP contribution in [0.3, 0.4) is 0 Å². The topological polar surface area (TPSA) is 73.3 Å². The van der Waals surface area contributed by atoms with Crippen LogP contribution < -0.4 is 4.74 Å². The average molecular weight is 388 g/mol. The first-order valence-electron chi connectivity index (χ1n) is 6.99. The molecule has 8 heteroatoms. The molecule has 0 radical (unpaired) electrons. The number of rotatable bonds is 5. The first-order chi connectivity index (χ1) is 11.2. The minimum absolute atomic E-state index is 0.0166. The number of pyridine rings is 1. The van der Waals surface area contributed by atoms with E-state index in [9.17, 15) is 13.2 Å². The van der Waals surface area contributed by atoms with Gasteiger partial charge in [0.25, 0.3) is 0 Å². The van der Waals surface area contributed by atoms with Crippen LogP contribution in [-0.2, 0) is 9.84 Å². The molecule has 0 amide bonds. The Bertz CT molecular complexity index is 890. The molecule has 0 saturated carbocycles. The van der Waals surface area contributed by atoms with Crippen molar-refractivity contribution < 1.29 is 17.9 Å². The molecule has 0 aliphatic rings. The van der Waals surface area contributed by atoms with Crippen LogP contribution in [0.5, 0.6) is 5.75 Å². The summed E-state index contributed by atoms with van der Waals surface area (Å²) in [5.74, 6) is -0.293. The average Bonchev–Trinajstić information content (AvgIpc) is 2.47. The van der Waals surface area contributed by atoms with E-state index in [1.807, 2.05) is 0 Å². The number of nitrogens with zero attached hydrogens (tertiary/aromatic N) is 1. The van der Waals surface area contributed by atoms with Gasteiger partial charge in [0.1, 0.15) is 15.8 Å². The summed E-state index contributed by atoms with van der Waals surface area (Å²) >= 11 is 12.0. The van der Waals surface area contributed by atoms with E-state index in [2.05, 4.69) is 4.98 Å². The van der Waals surface area contributed by atoms with Crippen molar-refractivity contribution in [2.45, 2.75) is 18.7 Å². The van der Waals surface area contributed by atoms with E-state index in [0.717, 1.165) is 6.26 Å². The van der Waals surface area contributed by atoms with Crippen LogP contribution in [-0.4, -0.2) is 32.0 Å². The van der Waals surface area contributed by atoms with Gasteiger partial charge in [-0.05, 0) is 32.0 Å². The van der Waals surface area contributed by atoms with Crippen molar-refractivity contribution in [1.82, 2.24) is 4.98 Å². The highest BCUT2D eigenvalue weighted by Gasteiger charge is 2.24. The summed E-state index contributed by atoms with van der Waals surface area (Å²) in [5, 5.41) is 0.154. The minimum Gasteiger partial charge on any atom is -0.492 e. The van der Waals surface area contributed by atoms with Gasteiger partial charge in [0, 0.05) is 23.6 Å². The van der Waals surface area contributed by atoms with Gasteiger partial charge in [-0.3, -0.25) is 4.79 Å². The molecule has 5 nitrogen and oxygen atoms in total. The molecule has 2 rings (SSSR count). The lowest BCUT2D eigenvalue weighted by Crippen LogP contribution is -2.11. The second kappa shape index (κ2) is 7.09. The maximum atomic E-state index is 12.8. The number of sulfone groups is 1. The van der Waals surface area contributed by atoms with Gasteiger partial charge < -0.3 is 4.74 Å². The van der Waals surface area contributed by atoms with Gasteiger partial charge in [0.15, 0.2) is 15.6 Å². The standard InChI is InChI=1S/C16H15Cl2NO4S/c1-4-23-15-9(2)10(5-6-12(15)24(3,21)22)14(20)13-11(17)7-8-19-16(13)18/h5-8H,4H2,1-3H3. The Morgan fingerprint density at radius 2 is 1.92 bits per heavy atom. The summed E-state index contributed by atoms with van der Waals surface area (Å²) in [4.78, 5) is 16.7. The molecule has 0 N–H and O–H groups in total. The van der Waals surface area contributed by atoms with Gasteiger partial charge >= 0.3 is 0 Å². The molecule has 0 aliphatic heterocycles. The SMILES string of the molecule is CCOc1c(S(C)(=O)=O)ccc(C(=O)c2c(Cl)ccnc2Cl)c1C. The van der Waals surface area contributed by atoms with Gasteiger partial charge in [-0.15, -0.1) is 0 Å². The Balaban J connectivity index is 2.68. The highest BCUT2D eigenvalue weighted by atomic mass is 35.5. The molecule has 0 bridgehead atoms. The van der Waals surface area contributed by atoms with Crippen molar-refractivity contribution in [3.8, 4) is 5.75 Å². The smallest absolute Gasteiger partial charge is 0.198 e. The van der Waals surface area contributed by atoms with Crippen LogP contribution in [0.25, 0.3) is 0 Å². The van der Waals surface area contributed by atoms with Gasteiger partial charge in [-0.1, -0.05) is 23.2 Å². The normalized spacial score (nSPS) is 11.4. The fourth-order valence-electron chi connectivity index (χ4n) is 2.28. The number of hydrogen-bond acceptors (Lipinski definition) is 5. The Morgan fingerprint density at radius 1 is 1.25 bits per heavy atom. The predicted molar refractivity (Wildman–Crippen MR) is 93.1 cm³/mol. The van der Waals surface area contributed by atoms with Gasteiger partial charge in [-0.25, -0.2) is 13.4 Å². The number of benzene rings is 1. The van der Waals surface area contributed by atoms with E-state index in [0.29, 0.717) is 5.56 Å². The van der Waals surface area contributed by atoms with Crippen LogP contribution >= 0.6 is 23.2 Å². The van der Waals surface area contributed by atoms with E-state index in [1.165, 1.54) is 24.4 Å². The van der Waals surface area contributed by atoms with Crippen molar-refractivity contribution in [1.29, 1.82) is 0 Å². The number of ketones is 1.